The number of hydrogen-bond acceptors (Lipinski definition) is 0. The Morgan fingerprint density at radius 3 is 2.70 bits per heavy atom. The molecular weight excluding hydrogens is 126 g/mol. The minimum absolute atomic E-state index is 0.553. The molecule has 2 nitrogen and oxygen atoms in total. The van der Waals surface area contributed by atoms with Gasteiger partial charge < -0.3 is 5.11 Å². The molecule has 0 bridgehead atoms. The van der Waals surface area contributed by atoms with Crippen molar-refractivity contribution in [3.8, 4) is 5.75 Å². The zero-order chi connectivity index (χ0) is 7.40. The van der Waals surface area contributed by atoms with E-state index in [0.29, 0.717) is 5.75 Å². The maximum atomic E-state index is 7.40. The molecule has 0 spiro atoms. The highest BCUT2D eigenvalue weighted by Gasteiger charge is 2.00. The molecule has 1 aromatic carbocycles. The SMILES string of the molecule is C[NH+]=Cc1ccccc1[OH2+]. The standard InChI is InChI=1S/C8H9NO/c1-9-6-7-4-2-3-5-8(7)10/h2-6,10H,1H3/p+2. The predicted octanol–water partition coefficient (Wildman–Crippen LogP) is -0.746. The van der Waals surface area contributed by atoms with E-state index >= 15 is 0 Å². The summed E-state index contributed by atoms with van der Waals surface area (Å²) in [6, 6.07) is 7.44. The molecule has 0 aromatic heterocycles. The van der Waals surface area contributed by atoms with Gasteiger partial charge in [0.2, 0.25) is 0 Å². The number of rotatable bonds is 1. The zero-order valence-electron chi connectivity index (χ0n) is 5.89. The topological polar surface area (TPSA) is 36.9 Å². The minimum Gasteiger partial charge on any atom is -0.593 e. The van der Waals surface area contributed by atoms with Crippen LogP contribution in [0.25, 0.3) is 0 Å². The molecule has 0 aliphatic heterocycles. The Morgan fingerprint density at radius 1 is 1.40 bits per heavy atom. The normalized spacial score (nSPS) is 10.5. The van der Waals surface area contributed by atoms with Gasteiger partial charge in [-0.3, -0.25) is 4.99 Å². The van der Waals surface area contributed by atoms with E-state index in [2.05, 4.69) is 4.99 Å². The van der Waals surface area contributed by atoms with Crippen molar-refractivity contribution in [3.05, 3.63) is 29.8 Å². The molecule has 0 fully saturated rings. The second kappa shape index (κ2) is 3.01. The molecule has 0 saturated heterocycles. The van der Waals surface area contributed by atoms with Crippen LogP contribution in [0.1, 0.15) is 5.56 Å². The van der Waals surface area contributed by atoms with Gasteiger partial charge in [0.15, 0.2) is 6.21 Å². The number of benzene rings is 1. The van der Waals surface area contributed by atoms with Crippen LogP contribution in [0, 0.1) is 0 Å². The molecule has 2 heteroatoms. The first-order chi connectivity index (χ1) is 4.84. The maximum Gasteiger partial charge on any atom is 0.267 e. The molecule has 3 N–H and O–H groups in total. The third kappa shape index (κ3) is 1.35. The van der Waals surface area contributed by atoms with Crippen LogP contribution in [0.5, 0.6) is 5.75 Å². The Balaban J connectivity index is 3.03. The van der Waals surface area contributed by atoms with Crippen LogP contribution in [-0.2, 0) is 0 Å². The molecule has 52 valence electrons. The quantitative estimate of drug-likeness (QED) is 0.391. The Bertz CT molecular complexity index is 243. The first-order valence-corrected chi connectivity index (χ1v) is 3.15. The third-order valence-corrected chi connectivity index (χ3v) is 1.26. The van der Waals surface area contributed by atoms with E-state index in [1.54, 1.807) is 6.07 Å². The minimum atomic E-state index is 0.553. The first kappa shape index (κ1) is 6.81. The van der Waals surface area contributed by atoms with Gasteiger partial charge >= 0.3 is 0 Å². The Kier molecular flexibility index (Phi) is 2.05. The molecule has 0 radical (unpaired) electrons. The van der Waals surface area contributed by atoms with Gasteiger partial charge in [0.05, 0.1) is 0 Å². The smallest absolute Gasteiger partial charge is 0.267 e. The molecule has 1 rings (SSSR count). The van der Waals surface area contributed by atoms with Crippen molar-refractivity contribution in [2.75, 3.05) is 7.05 Å². The number of hydrogen-bond donors (Lipinski definition) is 1. The number of nitrogens with one attached hydrogen (secondary N) is 1. The fraction of sp³-hybridized carbons (Fsp3) is 0.125. The van der Waals surface area contributed by atoms with Gasteiger partial charge in [0.1, 0.15) is 12.6 Å². The van der Waals surface area contributed by atoms with Gasteiger partial charge in [-0.15, -0.1) is 0 Å². The highest BCUT2D eigenvalue weighted by atomic mass is 16.3. The van der Waals surface area contributed by atoms with E-state index in [1.165, 1.54) is 0 Å². The van der Waals surface area contributed by atoms with Crippen molar-refractivity contribution in [2.45, 2.75) is 0 Å². The van der Waals surface area contributed by atoms with E-state index in [0.717, 1.165) is 5.56 Å². The van der Waals surface area contributed by atoms with Crippen molar-refractivity contribution in [1.29, 1.82) is 0 Å². The molecule has 0 atom stereocenters. The van der Waals surface area contributed by atoms with Crippen LogP contribution in [0.2, 0.25) is 0 Å². The lowest BCUT2D eigenvalue weighted by Gasteiger charge is -1.87. The van der Waals surface area contributed by atoms with Gasteiger partial charge in [-0.25, -0.2) is 0 Å². The summed E-state index contributed by atoms with van der Waals surface area (Å²) in [5.41, 5.74) is 0.921. The Hall–Kier alpha value is -1.31. The van der Waals surface area contributed by atoms with Gasteiger partial charge in [-0.1, -0.05) is 12.1 Å². The number of para-hydroxylation sites is 1. The largest absolute Gasteiger partial charge is 0.593 e. The summed E-state index contributed by atoms with van der Waals surface area (Å²) in [5.74, 6) is 0.553. The molecule has 0 aliphatic carbocycles. The van der Waals surface area contributed by atoms with Crippen LogP contribution in [0.3, 0.4) is 0 Å². The third-order valence-electron chi connectivity index (χ3n) is 1.26. The molecule has 0 aliphatic rings. The zero-order valence-corrected chi connectivity index (χ0v) is 5.89. The van der Waals surface area contributed by atoms with Gasteiger partial charge in [-0.2, -0.15) is 0 Å². The van der Waals surface area contributed by atoms with Crippen molar-refractivity contribution in [3.63, 3.8) is 0 Å². The van der Waals surface area contributed by atoms with Gasteiger partial charge in [0.25, 0.3) is 5.75 Å². The van der Waals surface area contributed by atoms with Crippen molar-refractivity contribution in [2.24, 2.45) is 0 Å². The van der Waals surface area contributed by atoms with Crippen LogP contribution >= 0.6 is 0 Å². The molecule has 10 heavy (non-hydrogen) atoms. The van der Waals surface area contributed by atoms with E-state index < -0.39 is 0 Å². The first-order valence-electron chi connectivity index (χ1n) is 3.15. The summed E-state index contributed by atoms with van der Waals surface area (Å²) < 4.78 is 0. The molecule has 0 amide bonds. The summed E-state index contributed by atoms with van der Waals surface area (Å²) in [5, 5.41) is 7.40. The van der Waals surface area contributed by atoms with Crippen molar-refractivity contribution in [1.82, 2.24) is 0 Å². The van der Waals surface area contributed by atoms with Crippen LogP contribution < -0.4 is 4.99 Å². The lowest BCUT2D eigenvalue weighted by Crippen LogP contribution is -2.63. The van der Waals surface area contributed by atoms with Gasteiger partial charge in [-0.05, 0) is 6.07 Å². The molecule has 0 heterocycles. The average Bonchev–Trinajstić information content (AvgIpc) is 1.94. The van der Waals surface area contributed by atoms with Crippen molar-refractivity contribution < 1.29 is 10.1 Å². The van der Waals surface area contributed by atoms with Gasteiger partial charge in [0, 0.05) is 6.07 Å². The monoisotopic (exact) mass is 137 g/mol. The van der Waals surface area contributed by atoms with Crippen LogP contribution in [0.15, 0.2) is 24.3 Å². The fourth-order valence-corrected chi connectivity index (χ4v) is 0.778. The van der Waals surface area contributed by atoms with E-state index in [1.807, 2.05) is 31.5 Å². The van der Waals surface area contributed by atoms with E-state index in [-0.39, 0.29) is 0 Å². The summed E-state index contributed by atoms with van der Waals surface area (Å²) >= 11 is 0. The maximum absolute atomic E-state index is 7.40. The predicted molar refractivity (Wildman–Crippen MR) is 41.6 cm³/mol. The molecular formula is C8H11NO+2. The molecule has 0 saturated carbocycles. The lowest BCUT2D eigenvalue weighted by molar-refractivity contribution is -0.413. The second-order valence-electron chi connectivity index (χ2n) is 2.02. The summed E-state index contributed by atoms with van der Waals surface area (Å²) in [6.45, 7) is 0. The van der Waals surface area contributed by atoms with Crippen LogP contribution in [-0.4, -0.2) is 18.4 Å². The van der Waals surface area contributed by atoms with Crippen LogP contribution in [0.4, 0.5) is 0 Å². The summed E-state index contributed by atoms with van der Waals surface area (Å²) in [7, 11) is 1.83. The lowest BCUT2D eigenvalue weighted by atomic mass is 10.2. The molecule has 1 aromatic rings. The molecule has 0 unspecified atom stereocenters. The summed E-state index contributed by atoms with van der Waals surface area (Å²) in [4.78, 5) is 2.88. The second-order valence-corrected chi connectivity index (χ2v) is 2.02. The highest BCUT2D eigenvalue weighted by Crippen LogP contribution is 2.11. The fourth-order valence-electron chi connectivity index (χ4n) is 0.778. The average molecular weight is 137 g/mol. The van der Waals surface area contributed by atoms with Crippen molar-refractivity contribution >= 4 is 6.21 Å². The van der Waals surface area contributed by atoms with E-state index in [9.17, 15) is 0 Å². The Morgan fingerprint density at radius 2 is 2.10 bits per heavy atom. The highest BCUT2D eigenvalue weighted by molar-refractivity contribution is 5.78. The summed E-state index contributed by atoms with van der Waals surface area (Å²) in [6.07, 6.45) is 1.81. The Labute approximate surface area is 59.9 Å². The van der Waals surface area contributed by atoms with E-state index in [4.69, 9.17) is 5.11 Å².